The number of hydrogen-bond donors (Lipinski definition) is 0. The Morgan fingerprint density at radius 3 is 2.56 bits per heavy atom. The number of carbonyl (C=O) groups excluding carboxylic acids is 1. The van der Waals surface area contributed by atoms with Gasteiger partial charge in [0.2, 0.25) is 0 Å². The van der Waals surface area contributed by atoms with Crippen LogP contribution >= 0.6 is 11.6 Å². The molecule has 1 aromatic heterocycles. The fourth-order valence-electron chi connectivity index (χ4n) is 3.88. The lowest BCUT2D eigenvalue weighted by molar-refractivity contribution is 0.0550. The molecule has 0 N–H and O–H groups in total. The largest absolute Gasteiger partial charge is 0.484 e. The molecule has 1 aliphatic rings. The van der Waals surface area contributed by atoms with Crippen LogP contribution in [0.3, 0.4) is 0 Å². The topological polar surface area (TPSA) is 69.7 Å². The lowest BCUT2D eigenvalue weighted by Gasteiger charge is -2.38. The summed E-state index contributed by atoms with van der Waals surface area (Å²) >= 11 is 6.35. The van der Waals surface area contributed by atoms with Crippen LogP contribution in [0.4, 0.5) is 0 Å². The summed E-state index contributed by atoms with van der Waals surface area (Å²) in [6.07, 6.45) is 0. The number of furan rings is 1. The average Bonchev–Trinajstić information content (AvgIpc) is 3.31. The third kappa shape index (κ3) is 4.80. The van der Waals surface area contributed by atoms with Crippen molar-refractivity contribution in [1.82, 2.24) is 9.80 Å². The first kappa shape index (κ1) is 21.9. The van der Waals surface area contributed by atoms with Gasteiger partial charge in [0, 0.05) is 37.2 Å². The predicted molar refractivity (Wildman–Crippen MR) is 122 cm³/mol. The van der Waals surface area contributed by atoms with Crippen molar-refractivity contribution in [2.45, 2.75) is 19.6 Å². The first-order valence-electron chi connectivity index (χ1n) is 10.5. The van der Waals surface area contributed by atoms with Gasteiger partial charge in [0.05, 0.1) is 5.56 Å². The maximum absolute atomic E-state index is 12.9. The highest BCUT2D eigenvalue weighted by atomic mass is 35.5. The van der Waals surface area contributed by atoms with E-state index in [1.54, 1.807) is 36.4 Å². The number of amides is 1. The zero-order valence-corrected chi connectivity index (χ0v) is 18.6. The number of para-hydroxylation sites is 1. The second-order valence-electron chi connectivity index (χ2n) is 7.69. The Morgan fingerprint density at radius 1 is 1.09 bits per heavy atom. The molecule has 3 aromatic rings. The van der Waals surface area contributed by atoms with Crippen LogP contribution in [0.5, 0.6) is 5.75 Å². The molecule has 6 nitrogen and oxygen atoms in total. The second kappa shape index (κ2) is 9.90. The first-order chi connectivity index (χ1) is 15.6. The summed E-state index contributed by atoms with van der Waals surface area (Å²) in [6.45, 7) is 5.06. The molecule has 2 heterocycles. The maximum Gasteiger partial charge on any atom is 0.289 e. The van der Waals surface area contributed by atoms with Gasteiger partial charge in [-0.3, -0.25) is 9.69 Å². The van der Waals surface area contributed by atoms with Crippen molar-refractivity contribution in [2.75, 3.05) is 26.2 Å². The maximum atomic E-state index is 12.9. The van der Waals surface area contributed by atoms with Crippen molar-refractivity contribution in [3.63, 3.8) is 0 Å². The molecule has 0 bridgehead atoms. The minimum absolute atomic E-state index is 0.126. The molecule has 1 atom stereocenters. The molecule has 1 unspecified atom stereocenters. The quantitative estimate of drug-likeness (QED) is 0.535. The standard InChI is InChI=1S/C25H24ClN3O3/c1-18(21-7-3-4-8-22(21)26)28-12-14-29(15-13-28)25(30)24-11-10-20(32-24)17-31-23-9-5-2-6-19(23)16-27/h2-11,18H,12-15,17H2,1H3. The molecule has 4 rings (SSSR count). The normalized spacial score (nSPS) is 15.2. The summed E-state index contributed by atoms with van der Waals surface area (Å²) in [4.78, 5) is 17.0. The number of benzene rings is 2. The molecule has 164 valence electrons. The van der Waals surface area contributed by atoms with Crippen LogP contribution in [-0.2, 0) is 6.61 Å². The van der Waals surface area contributed by atoms with E-state index in [9.17, 15) is 4.79 Å². The Morgan fingerprint density at radius 2 is 1.81 bits per heavy atom. The predicted octanol–water partition coefficient (Wildman–Crippen LogP) is 4.90. The van der Waals surface area contributed by atoms with Crippen molar-refractivity contribution in [1.29, 1.82) is 5.26 Å². The number of nitriles is 1. The highest BCUT2D eigenvalue weighted by Crippen LogP contribution is 2.28. The summed E-state index contributed by atoms with van der Waals surface area (Å²) in [5, 5.41) is 9.92. The molecule has 32 heavy (non-hydrogen) atoms. The first-order valence-corrected chi connectivity index (χ1v) is 10.9. The van der Waals surface area contributed by atoms with Gasteiger partial charge in [-0.15, -0.1) is 0 Å². The zero-order valence-electron chi connectivity index (χ0n) is 17.8. The molecule has 0 spiro atoms. The molecular weight excluding hydrogens is 426 g/mol. The van der Waals surface area contributed by atoms with E-state index in [1.165, 1.54) is 0 Å². The van der Waals surface area contributed by atoms with E-state index < -0.39 is 0 Å². The minimum Gasteiger partial charge on any atom is -0.484 e. The lowest BCUT2D eigenvalue weighted by Crippen LogP contribution is -2.49. The van der Waals surface area contributed by atoms with E-state index in [1.807, 2.05) is 29.2 Å². The second-order valence-corrected chi connectivity index (χ2v) is 8.10. The van der Waals surface area contributed by atoms with Gasteiger partial charge in [0.25, 0.3) is 5.91 Å². The van der Waals surface area contributed by atoms with Crippen molar-refractivity contribution in [2.24, 2.45) is 0 Å². The SMILES string of the molecule is CC(c1ccccc1Cl)N1CCN(C(=O)c2ccc(COc3ccccc3C#N)o2)CC1. The fraction of sp³-hybridized carbons (Fsp3) is 0.280. The Bertz CT molecular complexity index is 1130. The smallest absolute Gasteiger partial charge is 0.289 e. The summed E-state index contributed by atoms with van der Waals surface area (Å²) < 4.78 is 11.4. The number of carbonyl (C=O) groups is 1. The number of hydrogen-bond acceptors (Lipinski definition) is 5. The number of piperazine rings is 1. The van der Waals surface area contributed by atoms with Gasteiger partial charge in [-0.25, -0.2) is 0 Å². The fourth-order valence-corrected chi connectivity index (χ4v) is 4.18. The van der Waals surface area contributed by atoms with Gasteiger partial charge >= 0.3 is 0 Å². The Balaban J connectivity index is 1.32. The van der Waals surface area contributed by atoms with E-state index in [0.29, 0.717) is 35.9 Å². The number of nitrogens with zero attached hydrogens (tertiary/aromatic N) is 3. The lowest BCUT2D eigenvalue weighted by atomic mass is 10.1. The van der Waals surface area contributed by atoms with Gasteiger partial charge in [-0.05, 0) is 42.8 Å². The molecule has 1 aliphatic heterocycles. The van der Waals surface area contributed by atoms with E-state index in [-0.39, 0.29) is 18.6 Å². The Hall–Kier alpha value is -3.27. The highest BCUT2D eigenvalue weighted by molar-refractivity contribution is 6.31. The number of rotatable bonds is 6. The van der Waals surface area contributed by atoms with E-state index in [0.717, 1.165) is 23.7 Å². The number of ether oxygens (including phenoxy) is 1. The van der Waals surface area contributed by atoms with Gasteiger partial charge in [-0.2, -0.15) is 5.26 Å². The van der Waals surface area contributed by atoms with Gasteiger partial charge in [0.1, 0.15) is 24.2 Å². The molecule has 1 amide bonds. The van der Waals surface area contributed by atoms with Crippen molar-refractivity contribution in [3.8, 4) is 11.8 Å². The molecule has 0 aliphatic carbocycles. The van der Waals surface area contributed by atoms with Gasteiger partial charge in [0.15, 0.2) is 5.76 Å². The van der Waals surface area contributed by atoms with E-state index >= 15 is 0 Å². The van der Waals surface area contributed by atoms with Crippen LogP contribution in [-0.4, -0.2) is 41.9 Å². The van der Waals surface area contributed by atoms with Crippen molar-refractivity contribution >= 4 is 17.5 Å². The van der Waals surface area contributed by atoms with Gasteiger partial charge in [-0.1, -0.05) is 41.9 Å². The summed E-state index contributed by atoms with van der Waals surface area (Å²) in [7, 11) is 0. The molecular formula is C25H24ClN3O3. The molecule has 0 radical (unpaired) electrons. The monoisotopic (exact) mass is 449 g/mol. The third-order valence-corrected chi connectivity index (χ3v) is 6.10. The van der Waals surface area contributed by atoms with Crippen LogP contribution in [0.15, 0.2) is 65.1 Å². The summed E-state index contributed by atoms with van der Waals surface area (Å²) in [6, 6.07) is 20.6. The van der Waals surface area contributed by atoms with E-state index in [2.05, 4.69) is 17.9 Å². The van der Waals surface area contributed by atoms with Crippen LogP contribution in [0.25, 0.3) is 0 Å². The summed E-state index contributed by atoms with van der Waals surface area (Å²) in [5.41, 5.74) is 1.56. The van der Waals surface area contributed by atoms with Gasteiger partial charge < -0.3 is 14.1 Å². The molecule has 2 aromatic carbocycles. The van der Waals surface area contributed by atoms with Crippen LogP contribution in [0.2, 0.25) is 5.02 Å². The summed E-state index contributed by atoms with van der Waals surface area (Å²) in [5.74, 6) is 1.19. The average molecular weight is 450 g/mol. The van der Waals surface area contributed by atoms with Crippen LogP contribution in [0, 0.1) is 11.3 Å². The van der Waals surface area contributed by atoms with Crippen LogP contribution < -0.4 is 4.74 Å². The minimum atomic E-state index is -0.126. The molecule has 1 saturated heterocycles. The molecule has 7 heteroatoms. The van der Waals surface area contributed by atoms with Crippen molar-refractivity contribution in [3.05, 3.63) is 88.3 Å². The number of halogens is 1. The van der Waals surface area contributed by atoms with Crippen LogP contribution in [0.1, 0.15) is 40.4 Å². The van der Waals surface area contributed by atoms with E-state index in [4.69, 9.17) is 26.0 Å². The zero-order chi connectivity index (χ0) is 22.5. The molecule has 0 saturated carbocycles. The Labute approximate surface area is 192 Å². The highest BCUT2D eigenvalue weighted by Gasteiger charge is 2.27. The third-order valence-electron chi connectivity index (χ3n) is 5.75. The van der Waals surface area contributed by atoms with Crippen molar-refractivity contribution < 1.29 is 13.9 Å². The Kier molecular flexibility index (Phi) is 6.79. The molecule has 1 fully saturated rings.